The molecule has 3 aliphatic heterocycles. The third-order valence-electron chi connectivity index (χ3n) is 6.08. The van der Waals surface area contributed by atoms with Crippen molar-refractivity contribution in [1.29, 1.82) is 0 Å². The van der Waals surface area contributed by atoms with Gasteiger partial charge < -0.3 is 4.90 Å². The number of carbonyl (C=O) groups is 1. The summed E-state index contributed by atoms with van der Waals surface area (Å²) in [7, 11) is 2.17. The van der Waals surface area contributed by atoms with E-state index in [1.165, 1.54) is 5.57 Å². The highest BCUT2D eigenvalue weighted by molar-refractivity contribution is 7.18. The van der Waals surface area contributed by atoms with Gasteiger partial charge >= 0.3 is 0 Å². The van der Waals surface area contributed by atoms with E-state index in [9.17, 15) is 4.79 Å². The van der Waals surface area contributed by atoms with Gasteiger partial charge in [0.1, 0.15) is 0 Å². The first-order chi connectivity index (χ1) is 14.6. The van der Waals surface area contributed by atoms with Gasteiger partial charge in [-0.05, 0) is 86.8 Å². The fourth-order valence-electron chi connectivity index (χ4n) is 4.34. The van der Waals surface area contributed by atoms with Crippen LogP contribution in [-0.2, 0) is 4.79 Å². The Kier molecular flexibility index (Phi) is 5.01. The Labute approximate surface area is 181 Å². The zero-order valence-corrected chi connectivity index (χ0v) is 18.2. The zero-order valence-electron chi connectivity index (χ0n) is 17.3. The lowest BCUT2D eigenvalue weighted by atomic mass is 9.88. The molecule has 1 saturated heterocycles. The number of likely N-dealkylation sites (tertiary alicyclic amines) is 1. The number of fused-ring (bicyclic) bond motifs is 2. The van der Waals surface area contributed by atoms with Gasteiger partial charge in [0.15, 0.2) is 0 Å². The molecule has 0 unspecified atom stereocenters. The number of carbonyl (C=O) groups excluding carboxylic acids is 1. The summed E-state index contributed by atoms with van der Waals surface area (Å²) in [5.74, 6) is 0.518. The summed E-state index contributed by atoms with van der Waals surface area (Å²) in [4.78, 5) is 21.9. The van der Waals surface area contributed by atoms with Crippen LogP contribution in [-0.4, -0.2) is 40.8 Å². The van der Waals surface area contributed by atoms with Gasteiger partial charge in [0.05, 0.1) is 15.2 Å². The van der Waals surface area contributed by atoms with Crippen LogP contribution in [0.4, 0.5) is 0 Å². The molecule has 0 radical (unpaired) electrons. The van der Waals surface area contributed by atoms with Crippen LogP contribution in [0.3, 0.4) is 0 Å². The number of amides is 1. The molecular weight excluding hydrogens is 390 g/mol. The van der Waals surface area contributed by atoms with Crippen LogP contribution in [0, 0.1) is 12.8 Å². The molecule has 0 N–H and O–H groups in total. The molecule has 0 atom stereocenters. The Morgan fingerprint density at radius 2 is 1.97 bits per heavy atom. The summed E-state index contributed by atoms with van der Waals surface area (Å²) in [5, 5.41) is 1.06. The van der Waals surface area contributed by atoms with Crippen molar-refractivity contribution in [2.24, 2.45) is 5.92 Å². The summed E-state index contributed by atoms with van der Waals surface area (Å²) >= 11 is 1.68. The van der Waals surface area contributed by atoms with Crippen molar-refractivity contribution in [3.05, 3.63) is 82.7 Å². The van der Waals surface area contributed by atoms with E-state index in [0.717, 1.165) is 58.0 Å². The van der Waals surface area contributed by atoms with Crippen molar-refractivity contribution in [1.82, 2.24) is 14.8 Å². The van der Waals surface area contributed by atoms with Gasteiger partial charge in [0.25, 0.3) is 5.91 Å². The van der Waals surface area contributed by atoms with Crippen LogP contribution in [0.5, 0.6) is 0 Å². The number of aryl methyl sites for hydroxylation is 1. The molecule has 30 heavy (non-hydrogen) atoms. The van der Waals surface area contributed by atoms with E-state index in [1.54, 1.807) is 22.3 Å². The number of benzene rings is 1. The van der Waals surface area contributed by atoms with E-state index >= 15 is 0 Å². The maximum absolute atomic E-state index is 13.2. The Morgan fingerprint density at radius 1 is 1.13 bits per heavy atom. The highest BCUT2D eigenvalue weighted by Crippen LogP contribution is 2.31. The smallest absolute Gasteiger partial charge is 0.255 e. The first kappa shape index (κ1) is 19.2. The molecule has 152 valence electrons. The summed E-state index contributed by atoms with van der Waals surface area (Å²) in [5.41, 5.74) is 5.15. The van der Waals surface area contributed by atoms with Gasteiger partial charge in [0, 0.05) is 18.0 Å². The molecule has 5 heteroatoms. The van der Waals surface area contributed by atoms with Crippen LogP contribution < -0.4 is 0 Å². The lowest BCUT2D eigenvalue weighted by Gasteiger charge is -2.32. The molecule has 4 heterocycles. The third-order valence-corrected chi connectivity index (χ3v) is 7.01. The average molecular weight is 416 g/mol. The summed E-state index contributed by atoms with van der Waals surface area (Å²) < 4.78 is 1.15. The van der Waals surface area contributed by atoms with Crippen LogP contribution in [0.2, 0.25) is 0 Å². The molecular formula is C25H25N3OS. The molecule has 0 spiro atoms. The lowest BCUT2D eigenvalue weighted by Crippen LogP contribution is -2.32. The van der Waals surface area contributed by atoms with Crippen molar-refractivity contribution in [3.8, 4) is 0 Å². The normalized spacial score (nSPS) is 25.1. The largest absolute Gasteiger partial charge is 0.306 e. The second-order valence-corrected chi connectivity index (χ2v) is 9.45. The minimum Gasteiger partial charge on any atom is -0.306 e. The van der Waals surface area contributed by atoms with Gasteiger partial charge in [-0.15, -0.1) is 11.3 Å². The van der Waals surface area contributed by atoms with E-state index in [-0.39, 0.29) is 5.91 Å². The predicted octanol–water partition coefficient (Wildman–Crippen LogP) is 5.07. The molecule has 0 saturated carbocycles. The minimum atomic E-state index is -0.00374. The number of rotatable bonds is 2. The van der Waals surface area contributed by atoms with E-state index in [2.05, 4.69) is 35.1 Å². The second-order valence-electron chi connectivity index (χ2n) is 8.21. The standard InChI is InChI=1S/C25H25N3OS/c1-17-26-23-9-7-20(14-24(23)30-17)19-4-3-5-22-8-6-21(16-28(22)25(29)15-19)18-10-12-27(2)13-11-18/h3-9,14-16,18H,10-13H2,1-2H3/b4-3+,19-15+,22-5+. The quantitative estimate of drug-likeness (QED) is 0.687. The average Bonchev–Trinajstić information content (AvgIpc) is 3.11. The minimum absolute atomic E-state index is 0.00374. The van der Waals surface area contributed by atoms with Crippen molar-refractivity contribution >= 4 is 33.0 Å². The maximum atomic E-state index is 13.2. The summed E-state index contributed by atoms with van der Waals surface area (Å²) in [6.07, 6.45) is 16.4. The van der Waals surface area contributed by atoms with Crippen molar-refractivity contribution in [3.63, 3.8) is 0 Å². The summed E-state index contributed by atoms with van der Waals surface area (Å²) in [6, 6.07) is 6.22. The monoisotopic (exact) mass is 415 g/mol. The molecule has 5 rings (SSSR count). The van der Waals surface area contributed by atoms with Crippen molar-refractivity contribution in [2.75, 3.05) is 20.1 Å². The van der Waals surface area contributed by atoms with Crippen LogP contribution in [0.15, 0.2) is 72.1 Å². The molecule has 1 aromatic carbocycles. The van der Waals surface area contributed by atoms with Crippen molar-refractivity contribution < 1.29 is 4.79 Å². The lowest BCUT2D eigenvalue weighted by molar-refractivity contribution is -0.122. The van der Waals surface area contributed by atoms with Crippen LogP contribution in [0.25, 0.3) is 15.8 Å². The molecule has 4 nitrogen and oxygen atoms in total. The highest BCUT2D eigenvalue weighted by atomic mass is 32.1. The SMILES string of the molecule is Cc1nc2ccc(C3=C\C(=O)N4C=C(C5CCN(C)CC5)C=C\C4=C/C=C/3)cc2s1. The van der Waals surface area contributed by atoms with E-state index in [1.807, 2.05) is 43.5 Å². The highest BCUT2D eigenvalue weighted by Gasteiger charge is 2.24. The summed E-state index contributed by atoms with van der Waals surface area (Å²) in [6.45, 7) is 4.24. The predicted molar refractivity (Wildman–Crippen MR) is 124 cm³/mol. The number of hydrogen-bond acceptors (Lipinski definition) is 4. The number of hydrogen-bond donors (Lipinski definition) is 0. The van der Waals surface area contributed by atoms with E-state index < -0.39 is 0 Å². The fraction of sp³-hybridized carbons (Fsp3) is 0.280. The topological polar surface area (TPSA) is 36.4 Å². The number of allylic oxidation sites excluding steroid dienone is 7. The maximum Gasteiger partial charge on any atom is 0.255 e. The Balaban J connectivity index is 1.46. The first-order valence-electron chi connectivity index (χ1n) is 10.5. The van der Waals surface area contributed by atoms with Gasteiger partial charge in [-0.25, -0.2) is 4.98 Å². The third kappa shape index (κ3) is 3.71. The Morgan fingerprint density at radius 3 is 2.80 bits per heavy atom. The van der Waals surface area contributed by atoms with Gasteiger partial charge in [-0.3, -0.25) is 9.69 Å². The zero-order chi connectivity index (χ0) is 20.7. The van der Waals surface area contributed by atoms with E-state index in [4.69, 9.17) is 0 Å². The number of thiazole rings is 1. The molecule has 1 amide bonds. The number of nitrogens with zero attached hydrogens (tertiary/aromatic N) is 3. The number of piperidine rings is 1. The van der Waals surface area contributed by atoms with Crippen molar-refractivity contribution in [2.45, 2.75) is 19.8 Å². The van der Waals surface area contributed by atoms with Gasteiger partial charge in [-0.1, -0.05) is 24.3 Å². The first-order valence-corrected chi connectivity index (χ1v) is 11.3. The van der Waals surface area contributed by atoms with Gasteiger partial charge in [-0.2, -0.15) is 0 Å². The van der Waals surface area contributed by atoms with Crippen LogP contribution >= 0.6 is 11.3 Å². The molecule has 1 aromatic heterocycles. The second kappa shape index (κ2) is 7.82. The molecule has 0 aliphatic carbocycles. The molecule has 0 bridgehead atoms. The molecule has 1 fully saturated rings. The number of aromatic nitrogens is 1. The Bertz CT molecular complexity index is 1160. The van der Waals surface area contributed by atoms with E-state index in [0.29, 0.717) is 5.92 Å². The molecule has 3 aliphatic rings. The Hall–Kier alpha value is -2.76. The fourth-order valence-corrected chi connectivity index (χ4v) is 5.21. The van der Waals surface area contributed by atoms with Crippen LogP contribution in [0.1, 0.15) is 23.4 Å². The molecule has 2 aromatic rings. The van der Waals surface area contributed by atoms with Gasteiger partial charge in [0.2, 0.25) is 0 Å².